The van der Waals surface area contributed by atoms with E-state index in [9.17, 15) is 4.79 Å². The lowest BCUT2D eigenvalue weighted by Crippen LogP contribution is -2.26. The second-order valence-electron chi connectivity index (χ2n) is 3.45. The van der Waals surface area contributed by atoms with Gasteiger partial charge in [0.25, 0.3) is 0 Å². The van der Waals surface area contributed by atoms with Crippen LogP contribution in [0.25, 0.3) is 0 Å². The molecule has 0 fully saturated rings. The van der Waals surface area contributed by atoms with Crippen LogP contribution in [0.5, 0.6) is 0 Å². The van der Waals surface area contributed by atoms with E-state index in [-0.39, 0.29) is 5.91 Å². The van der Waals surface area contributed by atoms with E-state index < -0.39 is 0 Å². The smallest absolute Gasteiger partial charge is 0.221 e. The summed E-state index contributed by atoms with van der Waals surface area (Å²) in [5.74, 6) is 0.751. The average molecular weight is 235 g/mol. The van der Waals surface area contributed by atoms with Crippen molar-refractivity contribution in [2.45, 2.75) is 19.4 Å². The van der Waals surface area contributed by atoms with E-state index in [0.29, 0.717) is 25.9 Å². The third-order valence-electron chi connectivity index (χ3n) is 2.19. The normalized spacial score (nSPS) is 10.4. The molecule has 0 aliphatic carbocycles. The molecule has 0 unspecified atom stereocenters. The van der Waals surface area contributed by atoms with Gasteiger partial charge in [-0.05, 0) is 0 Å². The van der Waals surface area contributed by atoms with E-state index >= 15 is 0 Å². The molecule has 0 saturated carbocycles. The summed E-state index contributed by atoms with van der Waals surface area (Å²) in [6.45, 7) is 1.08. The zero-order chi connectivity index (χ0) is 11.9. The van der Waals surface area contributed by atoms with Crippen molar-refractivity contribution in [2.75, 3.05) is 6.54 Å². The van der Waals surface area contributed by atoms with Crippen molar-refractivity contribution >= 4 is 5.91 Å². The fourth-order valence-electron chi connectivity index (χ4n) is 1.33. The number of aromatic nitrogens is 6. The molecule has 1 amide bonds. The van der Waals surface area contributed by atoms with Crippen LogP contribution in [0.4, 0.5) is 0 Å². The van der Waals surface area contributed by atoms with Crippen molar-refractivity contribution in [3.8, 4) is 0 Å². The highest BCUT2D eigenvalue weighted by atomic mass is 16.1. The highest BCUT2D eigenvalue weighted by Gasteiger charge is 2.02. The van der Waals surface area contributed by atoms with Crippen LogP contribution in [-0.2, 0) is 17.8 Å². The van der Waals surface area contributed by atoms with Crippen LogP contribution < -0.4 is 5.32 Å². The van der Waals surface area contributed by atoms with Gasteiger partial charge in [-0.15, -0.1) is 5.10 Å². The molecule has 0 radical (unpaired) electrons. The molecule has 0 atom stereocenters. The summed E-state index contributed by atoms with van der Waals surface area (Å²) in [6, 6.07) is 0. The Hall–Kier alpha value is -2.25. The van der Waals surface area contributed by atoms with E-state index in [1.165, 1.54) is 6.33 Å². The lowest BCUT2D eigenvalue weighted by Gasteiger charge is -2.03. The maximum absolute atomic E-state index is 11.4. The van der Waals surface area contributed by atoms with Gasteiger partial charge in [-0.1, -0.05) is 5.21 Å². The molecular formula is C9H13N7O. The van der Waals surface area contributed by atoms with Crippen LogP contribution >= 0.6 is 0 Å². The Morgan fingerprint density at radius 1 is 1.53 bits per heavy atom. The minimum atomic E-state index is -0.0139. The van der Waals surface area contributed by atoms with Crippen LogP contribution in [0.3, 0.4) is 0 Å². The number of carbonyl (C=O) groups is 1. The number of H-pyrrole nitrogens is 1. The Balaban J connectivity index is 1.61. The van der Waals surface area contributed by atoms with Gasteiger partial charge in [-0.3, -0.25) is 14.6 Å². The van der Waals surface area contributed by atoms with E-state index in [0.717, 1.165) is 5.82 Å². The number of hydrogen-bond acceptors (Lipinski definition) is 5. The van der Waals surface area contributed by atoms with Crippen molar-refractivity contribution in [3.63, 3.8) is 0 Å². The number of aromatic amines is 1. The quantitative estimate of drug-likeness (QED) is 0.678. The maximum atomic E-state index is 11.4. The molecule has 2 heterocycles. The third-order valence-corrected chi connectivity index (χ3v) is 2.19. The van der Waals surface area contributed by atoms with Gasteiger partial charge in [-0.25, -0.2) is 4.98 Å². The fraction of sp³-hybridized carbons (Fsp3) is 0.444. The highest BCUT2D eigenvalue weighted by Crippen LogP contribution is 1.89. The van der Waals surface area contributed by atoms with Gasteiger partial charge in [0.05, 0.1) is 12.7 Å². The first-order chi connectivity index (χ1) is 8.34. The van der Waals surface area contributed by atoms with Gasteiger partial charge >= 0.3 is 0 Å². The first-order valence-electron chi connectivity index (χ1n) is 5.29. The van der Waals surface area contributed by atoms with Gasteiger partial charge in [0, 0.05) is 25.6 Å². The van der Waals surface area contributed by atoms with Gasteiger partial charge in [-0.2, -0.15) is 5.10 Å². The molecule has 2 N–H and O–H groups in total. The molecule has 0 aliphatic heterocycles. The summed E-state index contributed by atoms with van der Waals surface area (Å²) in [6.07, 6.45) is 5.79. The first kappa shape index (κ1) is 11.2. The van der Waals surface area contributed by atoms with E-state index in [1.54, 1.807) is 17.1 Å². The van der Waals surface area contributed by atoms with Gasteiger partial charge in [0.2, 0.25) is 5.91 Å². The first-order valence-corrected chi connectivity index (χ1v) is 5.29. The Morgan fingerprint density at radius 2 is 2.47 bits per heavy atom. The molecule has 2 rings (SSSR count). The van der Waals surface area contributed by atoms with Crippen molar-refractivity contribution in [3.05, 3.63) is 24.5 Å². The van der Waals surface area contributed by atoms with Crippen LogP contribution in [-0.4, -0.2) is 42.6 Å². The summed E-state index contributed by atoms with van der Waals surface area (Å²) in [5.41, 5.74) is 0. The predicted octanol–water partition coefficient (Wildman–Crippen LogP) is -0.855. The zero-order valence-corrected chi connectivity index (χ0v) is 9.20. The average Bonchev–Trinajstić information content (AvgIpc) is 2.99. The number of hydrogen-bond donors (Lipinski definition) is 2. The van der Waals surface area contributed by atoms with Gasteiger partial charge in [0.15, 0.2) is 0 Å². The van der Waals surface area contributed by atoms with Crippen LogP contribution in [0.2, 0.25) is 0 Å². The highest BCUT2D eigenvalue weighted by molar-refractivity contribution is 5.75. The van der Waals surface area contributed by atoms with Gasteiger partial charge < -0.3 is 5.32 Å². The van der Waals surface area contributed by atoms with E-state index in [1.807, 2.05) is 0 Å². The SMILES string of the molecule is O=C(CCn1ccnn1)NCCc1ncn[nH]1. The second-order valence-corrected chi connectivity index (χ2v) is 3.45. The van der Waals surface area contributed by atoms with Crippen LogP contribution in [0.1, 0.15) is 12.2 Å². The summed E-state index contributed by atoms with van der Waals surface area (Å²) in [4.78, 5) is 15.4. The molecule has 17 heavy (non-hydrogen) atoms. The van der Waals surface area contributed by atoms with Gasteiger partial charge in [0.1, 0.15) is 12.2 Å². The fourth-order valence-corrected chi connectivity index (χ4v) is 1.33. The largest absolute Gasteiger partial charge is 0.356 e. The van der Waals surface area contributed by atoms with Crippen molar-refractivity contribution < 1.29 is 4.79 Å². The van der Waals surface area contributed by atoms with E-state index in [2.05, 4.69) is 30.8 Å². The number of amides is 1. The number of rotatable bonds is 6. The lowest BCUT2D eigenvalue weighted by molar-refractivity contribution is -0.121. The molecule has 8 nitrogen and oxygen atoms in total. The number of aryl methyl sites for hydroxylation is 1. The maximum Gasteiger partial charge on any atom is 0.221 e. The molecule has 2 aromatic heterocycles. The summed E-state index contributed by atoms with van der Waals surface area (Å²) in [5, 5.41) is 16.7. The minimum absolute atomic E-state index is 0.0139. The molecule has 0 saturated heterocycles. The zero-order valence-electron chi connectivity index (χ0n) is 9.20. The molecular weight excluding hydrogens is 222 g/mol. The summed E-state index contributed by atoms with van der Waals surface area (Å²) < 4.78 is 1.62. The third kappa shape index (κ3) is 3.67. The molecule has 8 heteroatoms. The molecule has 90 valence electrons. The van der Waals surface area contributed by atoms with Crippen molar-refractivity contribution in [1.29, 1.82) is 0 Å². The summed E-state index contributed by atoms with van der Waals surface area (Å²) in [7, 11) is 0. The topological polar surface area (TPSA) is 101 Å². The lowest BCUT2D eigenvalue weighted by atomic mass is 10.3. The predicted molar refractivity (Wildman–Crippen MR) is 57.7 cm³/mol. The number of nitrogens with zero attached hydrogens (tertiary/aromatic N) is 5. The monoisotopic (exact) mass is 235 g/mol. The standard InChI is InChI=1S/C9H13N7O/c17-9(2-5-16-6-4-12-15-16)10-3-1-8-11-7-13-14-8/h4,6-7H,1-3,5H2,(H,10,17)(H,11,13,14). The van der Waals surface area contributed by atoms with Crippen LogP contribution in [0, 0.1) is 0 Å². The summed E-state index contributed by atoms with van der Waals surface area (Å²) >= 11 is 0. The second kappa shape index (κ2) is 5.73. The van der Waals surface area contributed by atoms with Crippen LogP contribution in [0.15, 0.2) is 18.7 Å². The molecule has 2 aromatic rings. The van der Waals surface area contributed by atoms with Crippen molar-refractivity contribution in [1.82, 2.24) is 35.5 Å². The molecule has 0 bridgehead atoms. The molecule has 0 spiro atoms. The molecule has 0 aliphatic rings. The Kier molecular flexibility index (Phi) is 3.79. The minimum Gasteiger partial charge on any atom is -0.356 e. The Bertz CT molecular complexity index is 436. The molecule has 0 aromatic carbocycles. The Morgan fingerprint density at radius 3 is 3.18 bits per heavy atom. The van der Waals surface area contributed by atoms with Crippen molar-refractivity contribution in [2.24, 2.45) is 0 Å². The number of carbonyl (C=O) groups excluding carboxylic acids is 1. The Labute approximate surface area is 97.4 Å². The van der Waals surface area contributed by atoms with E-state index in [4.69, 9.17) is 0 Å². The number of nitrogens with one attached hydrogen (secondary N) is 2.